The molecule has 1 heterocycles. The second kappa shape index (κ2) is 6.91. The minimum atomic E-state index is -3.41. The van der Waals surface area contributed by atoms with Crippen molar-refractivity contribution < 1.29 is 8.42 Å². The molecular weight excluding hydrogens is 288 g/mol. The van der Waals surface area contributed by atoms with Crippen LogP contribution in [0.25, 0.3) is 0 Å². The van der Waals surface area contributed by atoms with Gasteiger partial charge in [0, 0.05) is 22.3 Å². The van der Waals surface area contributed by atoms with Crippen LogP contribution in [-0.4, -0.2) is 26.5 Å². The lowest BCUT2D eigenvalue weighted by Gasteiger charge is -2.13. The van der Waals surface area contributed by atoms with E-state index >= 15 is 0 Å². The van der Waals surface area contributed by atoms with Crippen LogP contribution in [0.3, 0.4) is 0 Å². The Balaban J connectivity index is 2.82. The lowest BCUT2D eigenvalue weighted by molar-refractivity contribution is 0.557. The molecule has 0 aliphatic carbocycles. The molecule has 0 radical (unpaired) electrons. The third-order valence-electron chi connectivity index (χ3n) is 2.53. The van der Waals surface area contributed by atoms with Crippen LogP contribution in [0.4, 0.5) is 0 Å². The Morgan fingerprint density at radius 1 is 1.56 bits per heavy atom. The fourth-order valence-electron chi connectivity index (χ4n) is 1.57. The molecule has 0 fully saturated rings. The highest BCUT2D eigenvalue weighted by atomic mass is 32.2. The maximum absolute atomic E-state index is 12.2. The van der Waals surface area contributed by atoms with E-state index in [1.54, 1.807) is 17.8 Å². The molecule has 0 amide bonds. The van der Waals surface area contributed by atoms with Gasteiger partial charge in [0.25, 0.3) is 0 Å². The summed E-state index contributed by atoms with van der Waals surface area (Å²) >= 11 is 3.15. The third-order valence-corrected chi connectivity index (χ3v) is 6.09. The van der Waals surface area contributed by atoms with Crippen LogP contribution in [0, 0.1) is 6.92 Å². The molecule has 18 heavy (non-hydrogen) atoms. The molecule has 3 N–H and O–H groups in total. The first-order valence-corrected chi connectivity index (χ1v) is 9.40. The van der Waals surface area contributed by atoms with E-state index in [1.165, 1.54) is 11.3 Å². The number of aryl methyl sites for hydroxylation is 1. The van der Waals surface area contributed by atoms with E-state index in [0.717, 1.165) is 21.9 Å². The molecule has 1 aromatic heterocycles. The second-order valence-electron chi connectivity index (χ2n) is 4.14. The van der Waals surface area contributed by atoms with E-state index in [0.29, 0.717) is 11.4 Å². The van der Waals surface area contributed by atoms with Gasteiger partial charge in [-0.25, -0.2) is 13.1 Å². The molecule has 104 valence electrons. The summed E-state index contributed by atoms with van der Waals surface area (Å²) in [6, 6.07) is 1.62. The highest BCUT2D eigenvalue weighted by molar-refractivity contribution is 7.98. The fourth-order valence-corrected chi connectivity index (χ4v) is 4.95. The zero-order chi connectivity index (χ0) is 13.8. The van der Waals surface area contributed by atoms with Crippen LogP contribution in [0.2, 0.25) is 0 Å². The molecule has 0 bridgehead atoms. The Bertz CT molecular complexity index is 482. The summed E-state index contributed by atoms with van der Waals surface area (Å²) in [6.07, 6.45) is 2.84. The lowest BCUT2D eigenvalue weighted by atomic mass is 10.3. The number of thiophene rings is 1. The van der Waals surface area contributed by atoms with Crippen molar-refractivity contribution in [2.75, 3.05) is 12.0 Å². The molecule has 4 nitrogen and oxygen atoms in total. The van der Waals surface area contributed by atoms with E-state index in [-0.39, 0.29) is 6.04 Å². The standard InChI is InChI=1S/C11H20N2O2S3/c1-8(4-5-16-3)13-18(14,15)11-6-10(7-12)17-9(11)2/h6,8,13H,4-5,7,12H2,1-3H3. The van der Waals surface area contributed by atoms with Gasteiger partial charge in [0.15, 0.2) is 0 Å². The number of hydrogen-bond acceptors (Lipinski definition) is 5. The summed E-state index contributed by atoms with van der Waals surface area (Å²) in [7, 11) is -3.41. The minimum Gasteiger partial charge on any atom is -0.326 e. The van der Waals surface area contributed by atoms with E-state index in [4.69, 9.17) is 5.73 Å². The van der Waals surface area contributed by atoms with Crippen molar-refractivity contribution in [3.8, 4) is 0 Å². The fraction of sp³-hybridized carbons (Fsp3) is 0.636. The average molecular weight is 308 g/mol. The Hall–Kier alpha value is -0.0800. The molecule has 0 saturated carbocycles. The molecule has 1 atom stereocenters. The molecule has 1 unspecified atom stereocenters. The normalized spacial score (nSPS) is 13.8. The Morgan fingerprint density at radius 2 is 2.22 bits per heavy atom. The summed E-state index contributed by atoms with van der Waals surface area (Å²) in [4.78, 5) is 2.05. The van der Waals surface area contributed by atoms with Gasteiger partial charge in [-0.1, -0.05) is 0 Å². The summed E-state index contributed by atoms with van der Waals surface area (Å²) in [6.45, 7) is 4.08. The molecule has 7 heteroatoms. The summed E-state index contributed by atoms with van der Waals surface area (Å²) < 4.78 is 27.1. The zero-order valence-electron chi connectivity index (χ0n) is 10.9. The van der Waals surface area contributed by atoms with Gasteiger partial charge in [-0.2, -0.15) is 11.8 Å². The van der Waals surface area contributed by atoms with Crippen molar-refractivity contribution in [3.63, 3.8) is 0 Å². The molecule has 1 rings (SSSR count). The van der Waals surface area contributed by atoms with Crippen LogP contribution >= 0.6 is 23.1 Å². The monoisotopic (exact) mass is 308 g/mol. The Morgan fingerprint density at radius 3 is 2.72 bits per heavy atom. The minimum absolute atomic E-state index is 0.0527. The summed E-state index contributed by atoms with van der Waals surface area (Å²) in [5, 5.41) is 0. The van der Waals surface area contributed by atoms with Gasteiger partial charge in [0.2, 0.25) is 10.0 Å². The first kappa shape index (κ1) is 16.0. The van der Waals surface area contributed by atoms with Crippen LogP contribution < -0.4 is 10.5 Å². The summed E-state index contributed by atoms with van der Waals surface area (Å²) in [5.74, 6) is 0.945. The molecule has 0 saturated heterocycles. The molecule has 0 aliphatic heterocycles. The van der Waals surface area contributed by atoms with Crippen molar-refractivity contribution in [2.24, 2.45) is 5.73 Å². The third kappa shape index (κ3) is 4.24. The predicted molar refractivity (Wildman–Crippen MR) is 79.7 cm³/mol. The lowest BCUT2D eigenvalue weighted by Crippen LogP contribution is -2.33. The SMILES string of the molecule is CSCCC(C)NS(=O)(=O)c1cc(CN)sc1C. The van der Waals surface area contributed by atoms with Crippen LogP contribution in [0.1, 0.15) is 23.1 Å². The number of rotatable bonds is 7. The van der Waals surface area contributed by atoms with Gasteiger partial charge in [-0.15, -0.1) is 11.3 Å². The topological polar surface area (TPSA) is 72.2 Å². The number of nitrogens with one attached hydrogen (secondary N) is 1. The van der Waals surface area contributed by atoms with E-state index < -0.39 is 10.0 Å². The summed E-state index contributed by atoms with van der Waals surface area (Å²) in [5.41, 5.74) is 5.53. The van der Waals surface area contributed by atoms with Gasteiger partial charge in [-0.3, -0.25) is 0 Å². The van der Waals surface area contributed by atoms with E-state index in [9.17, 15) is 8.42 Å². The van der Waals surface area contributed by atoms with Crippen LogP contribution in [0.5, 0.6) is 0 Å². The Labute approximate surface area is 117 Å². The number of hydrogen-bond donors (Lipinski definition) is 2. The van der Waals surface area contributed by atoms with Crippen molar-refractivity contribution in [2.45, 2.75) is 37.8 Å². The molecule has 0 spiro atoms. The van der Waals surface area contributed by atoms with Gasteiger partial charge in [0.1, 0.15) is 0 Å². The average Bonchev–Trinajstić information content (AvgIpc) is 2.68. The van der Waals surface area contributed by atoms with Crippen molar-refractivity contribution >= 4 is 33.1 Å². The van der Waals surface area contributed by atoms with Gasteiger partial charge >= 0.3 is 0 Å². The molecule has 0 aliphatic rings. The first-order valence-electron chi connectivity index (χ1n) is 5.71. The van der Waals surface area contributed by atoms with Gasteiger partial charge in [-0.05, 0) is 38.3 Å². The van der Waals surface area contributed by atoms with Crippen molar-refractivity contribution in [1.82, 2.24) is 4.72 Å². The zero-order valence-corrected chi connectivity index (χ0v) is 13.3. The predicted octanol–water partition coefficient (Wildman–Crippen LogP) is 1.94. The Kier molecular flexibility index (Phi) is 6.13. The maximum Gasteiger partial charge on any atom is 0.241 e. The maximum atomic E-state index is 12.2. The molecule has 1 aromatic rings. The van der Waals surface area contributed by atoms with Crippen LogP contribution in [0.15, 0.2) is 11.0 Å². The second-order valence-corrected chi connectivity index (χ2v) is 8.15. The first-order chi connectivity index (χ1) is 8.40. The van der Waals surface area contributed by atoms with Crippen LogP contribution in [-0.2, 0) is 16.6 Å². The van der Waals surface area contributed by atoms with E-state index in [1.807, 2.05) is 20.1 Å². The number of nitrogens with two attached hydrogens (primary N) is 1. The van der Waals surface area contributed by atoms with Crippen molar-refractivity contribution in [1.29, 1.82) is 0 Å². The number of thioether (sulfide) groups is 1. The van der Waals surface area contributed by atoms with E-state index in [2.05, 4.69) is 4.72 Å². The highest BCUT2D eigenvalue weighted by Gasteiger charge is 2.21. The largest absolute Gasteiger partial charge is 0.326 e. The smallest absolute Gasteiger partial charge is 0.241 e. The van der Waals surface area contributed by atoms with Crippen molar-refractivity contribution in [3.05, 3.63) is 15.8 Å². The van der Waals surface area contributed by atoms with Gasteiger partial charge in [0.05, 0.1) is 4.90 Å². The molecule has 0 aromatic carbocycles. The highest BCUT2D eigenvalue weighted by Crippen LogP contribution is 2.25. The van der Waals surface area contributed by atoms with Gasteiger partial charge < -0.3 is 5.73 Å². The molecular formula is C11H20N2O2S3. The number of sulfonamides is 1. The quantitative estimate of drug-likeness (QED) is 0.807.